The first-order valence-electron chi connectivity index (χ1n) is 10.3. The summed E-state index contributed by atoms with van der Waals surface area (Å²) in [4.78, 5) is 22.3. The average molecular weight is 485 g/mol. The molecular weight excluding hydrogens is 463 g/mol. The first kappa shape index (κ1) is 23.1. The van der Waals surface area contributed by atoms with E-state index in [1.165, 1.54) is 17.8 Å². The molecule has 1 N–H and O–H groups in total. The van der Waals surface area contributed by atoms with Crippen LogP contribution in [0.1, 0.15) is 24.9 Å². The monoisotopic (exact) mass is 484 g/mol. The number of aromatic nitrogens is 3. The number of fused-ring (bicyclic) bond motifs is 1. The second kappa shape index (κ2) is 10.2. The van der Waals surface area contributed by atoms with E-state index in [0.717, 1.165) is 5.52 Å². The summed E-state index contributed by atoms with van der Waals surface area (Å²) in [6.45, 7) is 1.93. The molecule has 0 spiro atoms. The minimum absolute atomic E-state index is 0.212. The number of carbonyl (C=O) groups is 1. The number of nitrogens with one attached hydrogen (secondary N) is 1. The highest BCUT2D eigenvalue weighted by molar-refractivity contribution is 7.98. The number of carbonyl (C=O) groups excluding carboxylic acids is 1. The summed E-state index contributed by atoms with van der Waals surface area (Å²) in [5, 5.41) is 3.90. The lowest BCUT2D eigenvalue weighted by Crippen LogP contribution is -2.26. The molecule has 2 aromatic carbocycles. The van der Waals surface area contributed by atoms with E-state index in [1.54, 1.807) is 49.8 Å². The molecule has 2 aromatic heterocycles. The number of rotatable bonds is 8. The Bertz CT molecular complexity index is 1280. The van der Waals surface area contributed by atoms with Crippen LogP contribution in [0.25, 0.3) is 11.0 Å². The molecule has 0 aliphatic heterocycles. The van der Waals surface area contributed by atoms with Gasteiger partial charge in [0.15, 0.2) is 5.16 Å². The molecule has 2 heterocycles. The zero-order valence-electron chi connectivity index (χ0n) is 18.1. The van der Waals surface area contributed by atoms with Gasteiger partial charge in [0.05, 0.1) is 30.0 Å². The Labute approximate surface area is 200 Å². The predicted molar refractivity (Wildman–Crippen MR) is 129 cm³/mol. The highest BCUT2D eigenvalue weighted by Gasteiger charge is 2.26. The van der Waals surface area contributed by atoms with Crippen molar-refractivity contribution < 1.29 is 13.9 Å². The Kier molecular flexibility index (Phi) is 7.15. The number of hydrogen-bond donors (Lipinski definition) is 1. The summed E-state index contributed by atoms with van der Waals surface area (Å²) in [7, 11) is 1.56. The molecular formula is C24H22ClFN4O2S. The van der Waals surface area contributed by atoms with Crippen molar-refractivity contribution in [1.29, 1.82) is 0 Å². The predicted octanol–water partition coefficient (Wildman–Crippen LogP) is 6.11. The molecule has 1 amide bonds. The molecule has 4 rings (SSSR count). The van der Waals surface area contributed by atoms with Crippen LogP contribution in [0.2, 0.25) is 5.02 Å². The van der Waals surface area contributed by atoms with Gasteiger partial charge in [-0.05, 0) is 36.8 Å². The summed E-state index contributed by atoms with van der Waals surface area (Å²) in [5.41, 5.74) is 2.41. The number of ether oxygens (including phenoxy) is 1. The second-order valence-corrected chi connectivity index (χ2v) is 8.58. The van der Waals surface area contributed by atoms with Crippen LogP contribution in [0.5, 0.6) is 5.75 Å². The molecule has 170 valence electrons. The Hall–Kier alpha value is -3.10. The highest BCUT2D eigenvalue weighted by Crippen LogP contribution is 2.34. The van der Waals surface area contributed by atoms with Crippen LogP contribution >= 0.6 is 23.4 Å². The van der Waals surface area contributed by atoms with Gasteiger partial charge >= 0.3 is 0 Å². The van der Waals surface area contributed by atoms with Gasteiger partial charge in [-0.15, -0.1) is 0 Å². The zero-order valence-corrected chi connectivity index (χ0v) is 19.7. The zero-order chi connectivity index (χ0) is 23.4. The number of methoxy groups -OCH3 is 1. The van der Waals surface area contributed by atoms with E-state index in [2.05, 4.69) is 10.3 Å². The van der Waals surface area contributed by atoms with E-state index < -0.39 is 6.04 Å². The van der Waals surface area contributed by atoms with Gasteiger partial charge in [-0.3, -0.25) is 9.78 Å². The van der Waals surface area contributed by atoms with E-state index in [-0.39, 0.29) is 17.5 Å². The largest absolute Gasteiger partial charge is 0.495 e. The topological polar surface area (TPSA) is 69.0 Å². The molecule has 9 heteroatoms. The summed E-state index contributed by atoms with van der Waals surface area (Å²) in [6, 6.07) is 13.1. The van der Waals surface area contributed by atoms with Crippen LogP contribution < -0.4 is 10.1 Å². The molecule has 1 atom stereocenters. The first-order chi connectivity index (χ1) is 16.0. The van der Waals surface area contributed by atoms with Crippen LogP contribution in [0.3, 0.4) is 0 Å². The van der Waals surface area contributed by atoms with Crippen molar-refractivity contribution >= 4 is 46.0 Å². The Morgan fingerprint density at radius 2 is 2.06 bits per heavy atom. The third-order valence-electron chi connectivity index (χ3n) is 5.23. The molecule has 0 bridgehead atoms. The summed E-state index contributed by atoms with van der Waals surface area (Å²) in [5.74, 6) is 0.255. The van der Waals surface area contributed by atoms with Crippen LogP contribution in [0.15, 0.2) is 66.1 Å². The lowest BCUT2D eigenvalue weighted by molar-refractivity contribution is -0.119. The Balaban J connectivity index is 1.69. The lowest BCUT2D eigenvalue weighted by atomic mass is 10.2. The number of imidazole rings is 1. The van der Waals surface area contributed by atoms with Gasteiger partial charge in [0.25, 0.3) is 0 Å². The molecule has 0 aliphatic rings. The molecule has 0 unspecified atom stereocenters. The Morgan fingerprint density at radius 3 is 2.82 bits per heavy atom. The molecule has 6 nitrogen and oxygen atoms in total. The van der Waals surface area contributed by atoms with Gasteiger partial charge in [-0.25, -0.2) is 9.37 Å². The normalized spacial score (nSPS) is 12.0. The number of hydrogen-bond acceptors (Lipinski definition) is 5. The van der Waals surface area contributed by atoms with Gasteiger partial charge < -0.3 is 14.6 Å². The number of halogens is 2. The van der Waals surface area contributed by atoms with Crippen LogP contribution in [0.4, 0.5) is 10.1 Å². The maximum atomic E-state index is 14.3. The highest BCUT2D eigenvalue weighted by atomic mass is 35.5. The van der Waals surface area contributed by atoms with Crippen molar-refractivity contribution in [2.45, 2.75) is 30.3 Å². The minimum Gasteiger partial charge on any atom is -0.495 e. The standard InChI is InChI=1S/C24H22ClFN4O2S/c1-3-20(23(31)28-19-9-4-5-10-22(19)32-2)30-21-13-27-12-11-18(21)29-24(30)33-14-15-16(25)7-6-8-17(15)26/h4-13,20H,3,14H2,1-2H3,(H,28,31)/t20-/m1/s1. The van der Waals surface area contributed by atoms with Crippen molar-refractivity contribution in [1.82, 2.24) is 14.5 Å². The number of nitrogens with zero attached hydrogens (tertiary/aromatic N) is 3. The van der Waals surface area contributed by atoms with Crippen LogP contribution in [0, 0.1) is 5.82 Å². The average Bonchev–Trinajstić information content (AvgIpc) is 3.18. The van der Waals surface area contributed by atoms with Gasteiger partial charge in [-0.2, -0.15) is 0 Å². The third-order valence-corrected chi connectivity index (χ3v) is 6.57. The van der Waals surface area contributed by atoms with Crippen molar-refractivity contribution in [2.24, 2.45) is 0 Å². The van der Waals surface area contributed by atoms with Crippen molar-refractivity contribution in [3.63, 3.8) is 0 Å². The van der Waals surface area contributed by atoms with E-state index in [9.17, 15) is 9.18 Å². The maximum absolute atomic E-state index is 14.3. The first-order valence-corrected chi connectivity index (χ1v) is 11.7. The van der Waals surface area contributed by atoms with Gasteiger partial charge in [-0.1, -0.05) is 48.5 Å². The van der Waals surface area contributed by atoms with Crippen LogP contribution in [-0.4, -0.2) is 27.6 Å². The molecule has 0 aliphatic carbocycles. The van der Waals surface area contributed by atoms with E-state index in [1.807, 2.05) is 23.6 Å². The number of benzene rings is 2. The molecule has 33 heavy (non-hydrogen) atoms. The second-order valence-electron chi connectivity index (χ2n) is 7.23. The lowest BCUT2D eigenvalue weighted by Gasteiger charge is -2.20. The number of anilines is 1. The minimum atomic E-state index is -0.567. The summed E-state index contributed by atoms with van der Waals surface area (Å²) in [6.07, 6.45) is 3.84. The fourth-order valence-corrected chi connectivity index (χ4v) is 4.98. The van der Waals surface area contributed by atoms with Crippen LogP contribution in [-0.2, 0) is 10.5 Å². The van der Waals surface area contributed by atoms with Gasteiger partial charge in [0.2, 0.25) is 5.91 Å². The fraction of sp³-hybridized carbons (Fsp3) is 0.208. The number of amides is 1. The van der Waals surface area contributed by atoms with E-state index in [4.69, 9.17) is 21.3 Å². The van der Waals surface area contributed by atoms with Gasteiger partial charge in [0.1, 0.15) is 17.6 Å². The molecule has 0 fully saturated rings. The van der Waals surface area contributed by atoms with E-state index >= 15 is 0 Å². The Morgan fingerprint density at radius 1 is 1.24 bits per heavy atom. The van der Waals surface area contributed by atoms with E-state index in [0.29, 0.717) is 39.1 Å². The SMILES string of the molecule is CC[C@H](C(=O)Nc1ccccc1OC)n1c(SCc2c(F)cccc2Cl)nc2ccncc21. The fourth-order valence-electron chi connectivity index (χ4n) is 3.58. The molecule has 0 saturated carbocycles. The third kappa shape index (κ3) is 4.82. The quantitative estimate of drug-likeness (QED) is 0.305. The number of thioether (sulfide) groups is 1. The smallest absolute Gasteiger partial charge is 0.247 e. The van der Waals surface area contributed by atoms with Gasteiger partial charge in [0, 0.05) is 22.5 Å². The summed E-state index contributed by atoms with van der Waals surface area (Å²) < 4.78 is 21.5. The number of pyridine rings is 1. The molecule has 0 saturated heterocycles. The molecule has 0 radical (unpaired) electrons. The summed E-state index contributed by atoms with van der Waals surface area (Å²) >= 11 is 7.53. The molecule has 4 aromatic rings. The number of para-hydroxylation sites is 2. The van der Waals surface area contributed by atoms with Crippen molar-refractivity contribution in [3.05, 3.63) is 77.3 Å². The van der Waals surface area contributed by atoms with Crippen molar-refractivity contribution in [3.8, 4) is 5.75 Å². The maximum Gasteiger partial charge on any atom is 0.247 e. The van der Waals surface area contributed by atoms with Crippen molar-refractivity contribution in [2.75, 3.05) is 12.4 Å².